The van der Waals surface area contributed by atoms with Gasteiger partial charge in [-0.2, -0.15) is 0 Å². The second-order valence-corrected chi connectivity index (χ2v) is 7.95. The number of likely N-dealkylation sites (tertiary alicyclic amines) is 1. The van der Waals surface area contributed by atoms with Crippen molar-refractivity contribution in [3.63, 3.8) is 0 Å². The van der Waals surface area contributed by atoms with Crippen LogP contribution in [0.3, 0.4) is 0 Å². The largest absolute Gasteiger partial charge is 0.379 e. The van der Waals surface area contributed by atoms with Crippen molar-refractivity contribution in [3.8, 4) is 0 Å². The van der Waals surface area contributed by atoms with Gasteiger partial charge in [-0.05, 0) is 18.3 Å². The highest BCUT2D eigenvalue weighted by Gasteiger charge is 2.54. The predicted molar refractivity (Wildman–Crippen MR) is 61.1 cm³/mol. The molecule has 0 aromatic heterocycles. The maximum absolute atomic E-state index is 12.4. The number of carbonyl (C=O) groups is 1. The molecule has 96 valence electrons. The molecule has 2 unspecified atom stereocenters. The Morgan fingerprint density at radius 3 is 2.35 bits per heavy atom. The molecule has 2 aliphatic heterocycles. The second kappa shape index (κ2) is 3.45. The van der Waals surface area contributed by atoms with E-state index in [1.165, 1.54) is 12.7 Å². The van der Waals surface area contributed by atoms with E-state index in [0.29, 0.717) is 11.8 Å². The van der Waals surface area contributed by atoms with Crippen molar-refractivity contribution in [1.29, 1.82) is 0 Å². The minimum absolute atomic E-state index is 0.0126. The Morgan fingerprint density at radius 2 is 1.94 bits per heavy atom. The molecular weight excluding hydrogens is 242 g/mol. The van der Waals surface area contributed by atoms with Crippen molar-refractivity contribution in [2.45, 2.75) is 6.42 Å². The van der Waals surface area contributed by atoms with Gasteiger partial charge in [0, 0.05) is 19.3 Å². The van der Waals surface area contributed by atoms with Gasteiger partial charge in [-0.1, -0.05) is 0 Å². The summed E-state index contributed by atoms with van der Waals surface area (Å²) in [6, 6.07) is 0. The van der Waals surface area contributed by atoms with Gasteiger partial charge in [0.1, 0.15) is 15.3 Å². The molecule has 3 aliphatic rings. The Kier molecular flexibility index (Phi) is 2.32. The van der Waals surface area contributed by atoms with Crippen LogP contribution in [0.5, 0.6) is 0 Å². The lowest BCUT2D eigenvalue weighted by Gasteiger charge is -2.41. The lowest BCUT2D eigenvalue weighted by Crippen LogP contribution is -2.58. The zero-order valence-electron chi connectivity index (χ0n) is 9.89. The molecule has 0 radical (unpaired) electrons. The first-order chi connectivity index (χ1) is 7.90. The van der Waals surface area contributed by atoms with Crippen molar-refractivity contribution in [2.75, 3.05) is 38.3 Å². The van der Waals surface area contributed by atoms with Gasteiger partial charge >= 0.3 is 0 Å². The summed E-state index contributed by atoms with van der Waals surface area (Å²) in [5, 5.41) is 0. The Labute approximate surface area is 101 Å². The monoisotopic (exact) mass is 259 g/mol. The van der Waals surface area contributed by atoms with Crippen LogP contribution >= 0.6 is 0 Å². The van der Waals surface area contributed by atoms with Crippen LogP contribution in [0.25, 0.3) is 0 Å². The molecule has 1 aliphatic carbocycles. The summed E-state index contributed by atoms with van der Waals surface area (Å²) in [5.74, 6) is 1.26. The molecule has 2 heterocycles. The summed E-state index contributed by atoms with van der Waals surface area (Å²) in [5.41, 5.74) is -0.787. The third kappa shape index (κ3) is 1.97. The molecule has 0 N–H and O–H groups in total. The average Bonchev–Trinajstić information content (AvgIpc) is 2.77. The maximum Gasteiger partial charge on any atom is 0.234 e. The minimum atomic E-state index is -3.15. The zero-order chi connectivity index (χ0) is 12.3. The van der Waals surface area contributed by atoms with Crippen molar-refractivity contribution >= 4 is 15.7 Å². The number of hydrogen-bond acceptors (Lipinski definition) is 4. The Bertz CT molecular complexity index is 444. The van der Waals surface area contributed by atoms with Gasteiger partial charge in [0.2, 0.25) is 5.91 Å². The maximum atomic E-state index is 12.4. The van der Waals surface area contributed by atoms with Crippen molar-refractivity contribution < 1.29 is 17.9 Å². The van der Waals surface area contributed by atoms with Gasteiger partial charge in [-0.3, -0.25) is 4.79 Å². The first-order valence-electron chi connectivity index (χ1n) is 5.94. The van der Waals surface area contributed by atoms with E-state index in [-0.39, 0.29) is 24.9 Å². The number of ether oxygens (including phenoxy) is 1. The van der Waals surface area contributed by atoms with E-state index < -0.39 is 15.3 Å². The van der Waals surface area contributed by atoms with E-state index in [1.807, 2.05) is 4.90 Å². The van der Waals surface area contributed by atoms with Crippen LogP contribution in [0.15, 0.2) is 0 Å². The molecule has 0 aromatic rings. The average molecular weight is 259 g/mol. The van der Waals surface area contributed by atoms with Crippen LogP contribution in [-0.4, -0.2) is 57.5 Å². The van der Waals surface area contributed by atoms with Gasteiger partial charge < -0.3 is 9.64 Å². The number of rotatable bonds is 3. The molecule has 3 rings (SSSR count). The first kappa shape index (κ1) is 11.5. The standard InChI is InChI=1S/C11H17NO4S/c1-17(14,15)7-11(5-16-6-11)10(13)12-3-8-2-9(8)4-12/h8-9H,2-7H2,1H3. The number of nitrogens with zero attached hydrogens (tertiary/aromatic N) is 1. The number of sulfone groups is 1. The van der Waals surface area contributed by atoms with Gasteiger partial charge in [0.05, 0.1) is 19.0 Å². The van der Waals surface area contributed by atoms with Crippen LogP contribution in [0, 0.1) is 17.3 Å². The summed E-state index contributed by atoms with van der Waals surface area (Å²) in [7, 11) is -3.15. The molecule has 17 heavy (non-hydrogen) atoms. The van der Waals surface area contributed by atoms with Gasteiger partial charge in [-0.25, -0.2) is 8.42 Å². The summed E-state index contributed by atoms with van der Waals surface area (Å²) >= 11 is 0. The lowest BCUT2D eigenvalue weighted by molar-refractivity contribution is -0.167. The Morgan fingerprint density at radius 1 is 1.35 bits per heavy atom. The highest BCUT2D eigenvalue weighted by molar-refractivity contribution is 7.90. The number of carbonyl (C=O) groups excluding carboxylic acids is 1. The van der Waals surface area contributed by atoms with Gasteiger partial charge in [0.25, 0.3) is 0 Å². The summed E-state index contributed by atoms with van der Waals surface area (Å²) < 4.78 is 27.9. The molecule has 0 aromatic carbocycles. The van der Waals surface area contributed by atoms with E-state index in [0.717, 1.165) is 13.1 Å². The van der Waals surface area contributed by atoms with Crippen molar-refractivity contribution in [1.82, 2.24) is 4.90 Å². The molecule has 5 nitrogen and oxygen atoms in total. The number of amides is 1. The molecule has 6 heteroatoms. The van der Waals surface area contributed by atoms with Crippen LogP contribution in [0.1, 0.15) is 6.42 Å². The smallest absolute Gasteiger partial charge is 0.234 e. The number of piperidine rings is 1. The fourth-order valence-corrected chi connectivity index (χ4v) is 4.31. The van der Waals surface area contributed by atoms with Gasteiger partial charge in [0.15, 0.2) is 0 Å². The lowest BCUT2D eigenvalue weighted by atomic mass is 9.86. The molecule has 1 saturated carbocycles. The fraction of sp³-hybridized carbons (Fsp3) is 0.909. The van der Waals surface area contributed by atoms with E-state index in [4.69, 9.17) is 4.74 Å². The third-order valence-electron chi connectivity index (χ3n) is 4.01. The normalized spacial score (nSPS) is 34.1. The molecule has 3 fully saturated rings. The summed E-state index contributed by atoms with van der Waals surface area (Å²) in [6.45, 7) is 2.14. The van der Waals surface area contributed by atoms with E-state index in [1.54, 1.807) is 0 Å². The van der Waals surface area contributed by atoms with E-state index >= 15 is 0 Å². The van der Waals surface area contributed by atoms with E-state index in [2.05, 4.69) is 0 Å². The number of hydrogen-bond donors (Lipinski definition) is 0. The van der Waals surface area contributed by atoms with Crippen LogP contribution in [0.2, 0.25) is 0 Å². The number of fused-ring (bicyclic) bond motifs is 1. The molecule has 1 amide bonds. The third-order valence-corrected chi connectivity index (χ3v) is 5.09. The molecule has 2 saturated heterocycles. The molecule has 2 atom stereocenters. The predicted octanol–water partition coefficient (Wildman–Crippen LogP) is -0.474. The minimum Gasteiger partial charge on any atom is -0.379 e. The second-order valence-electron chi connectivity index (χ2n) is 5.81. The Hall–Kier alpha value is -0.620. The molecule has 0 bridgehead atoms. The topological polar surface area (TPSA) is 63.7 Å². The molecule has 0 spiro atoms. The zero-order valence-corrected chi connectivity index (χ0v) is 10.7. The van der Waals surface area contributed by atoms with E-state index in [9.17, 15) is 13.2 Å². The quantitative estimate of drug-likeness (QED) is 0.687. The summed E-state index contributed by atoms with van der Waals surface area (Å²) in [4.78, 5) is 14.2. The Balaban J connectivity index is 1.73. The van der Waals surface area contributed by atoms with Crippen molar-refractivity contribution in [3.05, 3.63) is 0 Å². The van der Waals surface area contributed by atoms with Crippen LogP contribution in [0.4, 0.5) is 0 Å². The summed E-state index contributed by atoms with van der Waals surface area (Å²) in [6.07, 6.45) is 2.42. The highest BCUT2D eigenvalue weighted by atomic mass is 32.2. The van der Waals surface area contributed by atoms with Crippen LogP contribution in [-0.2, 0) is 19.4 Å². The first-order valence-corrected chi connectivity index (χ1v) is 8.01. The van der Waals surface area contributed by atoms with Crippen molar-refractivity contribution in [2.24, 2.45) is 17.3 Å². The van der Waals surface area contributed by atoms with Crippen LogP contribution < -0.4 is 0 Å². The van der Waals surface area contributed by atoms with Gasteiger partial charge in [-0.15, -0.1) is 0 Å². The molecular formula is C11H17NO4S. The fourth-order valence-electron chi connectivity index (χ4n) is 3.02. The highest BCUT2D eigenvalue weighted by Crippen LogP contribution is 2.46. The SMILES string of the molecule is CS(=O)(=O)CC1(C(=O)N2CC3CC3C2)COC1.